The normalized spacial score (nSPS) is 15.1. The highest BCUT2D eigenvalue weighted by Crippen LogP contribution is 2.30. The lowest BCUT2D eigenvalue weighted by molar-refractivity contribution is -0.131. The number of hydrogen-bond donors (Lipinski definition) is 0. The van der Waals surface area contributed by atoms with Gasteiger partial charge in [-0.15, -0.1) is 0 Å². The molecular formula is C23H24IN3O3S. The summed E-state index contributed by atoms with van der Waals surface area (Å²) in [7, 11) is 1.58. The highest BCUT2D eigenvalue weighted by Gasteiger charge is 2.26. The van der Waals surface area contributed by atoms with Crippen LogP contribution >= 0.6 is 34.4 Å². The fourth-order valence-electron chi connectivity index (χ4n) is 3.82. The van der Waals surface area contributed by atoms with Gasteiger partial charge in [0, 0.05) is 16.7 Å². The third-order valence-corrected chi connectivity index (χ3v) is 7.13. The molecular weight excluding hydrogens is 525 g/mol. The Labute approximate surface area is 199 Å². The minimum Gasteiger partial charge on any atom is -0.495 e. The Bertz CT molecular complexity index is 1170. The van der Waals surface area contributed by atoms with Crippen LogP contribution in [-0.4, -0.2) is 45.8 Å². The van der Waals surface area contributed by atoms with Gasteiger partial charge in [-0.1, -0.05) is 23.9 Å². The third-order valence-electron chi connectivity index (χ3n) is 5.42. The summed E-state index contributed by atoms with van der Waals surface area (Å²) < 4.78 is 8.05. The molecule has 0 unspecified atom stereocenters. The second-order valence-corrected chi connectivity index (χ2v) is 10.1. The van der Waals surface area contributed by atoms with Crippen molar-refractivity contribution in [2.75, 3.05) is 20.2 Å². The molecule has 0 spiro atoms. The first kappa shape index (κ1) is 22.1. The van der Waals surface area contributed by atoms with Crippen LogP contribution in [-0.2, 0) is 4.79 Å². The van der Waals surface area contributed by atoms with Crippen molar-refractivity contribution >= 4 is 51.2 Å². The van der Waals surface area contributed by atoms with Gasteiger partial charge in [0.2, 0.25) is 5.91 Å². The Morgan fingerprint density at radius 2 is 1.90 bits per heavy atom. The zero-order valence-electron chi connectivity index (χ0n) is 17.5. The van der Waals surface area contributed by atoms with Crippen LogP contribution < -0.4 is 10.3 Å². The molecule has 0 N–H and O–H groups in total. The first-order valence-electron chi connectivity index (χ1n) is 10.3. The van der Waals surface area contributed by atoms with Crippen LogP contribution in [0.3, 0.4) is 0 Å². The van der Waals surface area contributed by atoms with E-state index in [0.29, 0.717) is 27.5 Å². The fraction of sp³-hybridized carbons (Fsp3) is 0.348. The molecule has 1 aliphatic heterocycles. The van der Waals surface area contributed by atoms with Gasteiger partial charge in [0.25, 0.3) is 5.56 Å². The average molecular weight is 549 g/mol. The number of halogens is 1. The Morgan fingerprint density at radius 1 is 1.16 bits per heavy atom. The molecule has 162 valence electrons. The number of amides is 1. The molecule has 0 saturated carbocycles. The molecule has 2 heterocycles. The van der Waals surface area contributed by atoms with Crippen LogP contribution in [0.5, 0.6) is 5.75 Å². The van der Waals surface area contributed by atoms with Crippen molar-refractivity contribution in [2.45, 2.75) is 36.6 Å². The van der Waals surface area contributed by atoms with Crippen LogP contribution in [0.25, 0.3) is 16.6 Å². The van der Waals surface area contributed by atoms with Gasteiger partial charge in [0.05, 0.1) is 29.0 Å². The molecule has 4 rings (SSSR count). The largest absolute Gasteiger partial charge is 0.495 e. The number of nitrogens with zero attached hydrogens (tertiary/aromatic N) is 3. The first-order valence-corrected chi connectivity index (χ1v) is 12.3. The van der Waals surface area contributed by atoms with Crippen molar-refractivity contribution in [3.05, 3.63) is 56.4 Å². The Morgan fingerprint density at radius 3 is 2.65 bits per heavy atom. The molecule has 0 radical (unpaired) electrons. The van der Waals surface area contributed by atoms with E-state index in [1.807, 2.05) is 54.3 Å². The highest BCUT2D eigenvalue weighted by atomic mass is 127. The van der Waals surface area contributed by atoms with Gasteiger partial charge < -0.3 is 9.64 Å². The molecule has 6 nitrogen and oxygen atoms in total. The topological polar surface area (TPSA) is 64.4 Å². The summed E-state index contributed by atoms with van der Waals surface area (Å²) in [4.78, 5) is 33.3. The number of piperidine rings is 1. The number of para-hydroxylation sites is 2. The minimum absolute atomic E-state index is 0.0910. The lowest BCUT2D eigenvalue weighted by Gasteiger charge is -2.29. The highest BCUT2D eigenvalue weighted by molar-refractivity contribution is 14.1. The van der Waals surface area contributed by atoms with Gasteiger partial charge in [0.1, 0.15) is 5.75 Å². The maximum atomic E-state index is 13.6. The second kappa shape index (κ2) is 9.60. The van der Waals surface area contributed by atoms with Gasteiger partial charge in [-0.25, -0.2) is 4.98 Å². The van der Waals surface area contributed by atoms with Gasteiger partial charge in [-0.2, -0.15) is 0 Å². The fourth-order valence-corrected chi connectivity index (χ4v) is 5.32. The molecule has 1 aliphatic rings. The van der Waals surface area contributed by atoms with Crippen LogP contribution in [0.4, 0.5) is 0 Å². The van der Waals surface area contributed by atoms with E-state index in [1.54, 1.807) is 11.7 Å². The number of carbonyl (C=O) groups is 1. The van der Waals surface area contributed by atoms with Crippen molar-refractivity contribution in [3.63, 3.8) is 0 Å². The monoisotopic (exact) mass is 549 g/mol. The van der Waals surface area contributed by atoms with Crippen molar-refractivity contribution in [1.29, 1.82) is 0 Å². The van der Waals surface area contributed by atoms with Crippen molar-refractivity contribution < 1.29 is 9.53 Å². The summed E-state index contributed by atoms with van der Waals surface area (Å²) in [6, 6.07) is 13.0. The molecule has 2 aromatic carbocycles. The van der Waals surface area contributed by atoms with E-state index in [1.165, 1.54) is 18.2 Å². The van der Waals surface area contributed by atoms with E-state index in [-0.39, 0.29) is 16.7 Å². The van der Waals surface area contributed by atoms with Crippen LogP contribution in [0.1, 0.15) is 26.2 Å². The molecule has 1 fully saturated rings. The number of fused-ring (bicyclic) bond motifs is 1. The van der Waals surface area contributed by atoms with Gasteiger partial charge in [-0.05, 0) is 79.1 Å². The van der Waals surface area contributed by atoms with Crippen LogP contribution in [0, 0.1) is 3.57 Å². The molecule has 31 heavy (non-hydrogen) atoms. The molecule has 1 amide bonds. The zero-order valence-corrected chi connectivity index (χ0v) is 20.5. The number of ether oxygens (including phenoxy) is 1. The number of hydrogen-bond acceptors (Lipinski definition) is 5. The maximum absolute atomic E-state index is 13.6. The van der Waals surface area contributed by atoms with E-state index >= 15 is 0 Å². The first-order chi connectivity index (χ1) is 15.0. The van der Waals surface area contributed by atoms with Gasteiger partial charge in [0.15, 0.2) is 5.16 Å². The predicted molar refractivity (Wildman–Crippen MR) is 132 cm³/mol. The number of benzene rings is 2. The van der Waals surface area contributed by atoms with Crippen LogP contribution in [0.15, 0.2) is 52.4 Å². The summed E-state index contributed by atoms with van der Waals surface area (Å²) in [5, 5.41) is 0.672. The molecule has 8 heteroatoms. The summed E-state index contributed by atoms with van der Waals surface area (Å²) in [6.45, 7) is 3.48. The molecule has 0 bridgehead atoms. The third kappa shape index (κ3) is 4.59. The number of aromatic nitrogens is 2. The standard InChI is InChI=1S/C23H24IN3O3S/c1-15(21(28)26-12-6-3-7-13-26)31-23-25-18-11-10-16(24)14-17(18)22(29)27(23)19-8-4-5-9-20(19)30-2/h4-5,8-11,14-15H,3,6-7,12-13H2,1-2H3/t15-/m0/s1. The molecule has 1 aromatic heterocycles. The smallest absolute Gasteiger partial charge is 0.266 e. The summed E-state index contributed by atoms with van der Waals surface area (Å²) in [6.07, 6.45) is 3.26. The quantitative estimate of drug-likeness (QED) is 0.267. The second-order valence-electron chi connectivity index (χ2n) is 7.51. The molecule has 0 aliphatic carbocycles. The number of thioether (sulfide) groups is 1. The maximum Gasteiger partial charge on any atom is 0.266 e. The Balaban J connectivity index is 1.82. The SMILES string of the molecule is COc1ccccc1-n1c(S[C@@H](C)C(=O)N2CCCCC2)nc2ccc(I)cc2c1=O. The number of likely N-dealkylation sites (tertiary alicyclic amines) is 1. The minimum atomic E-state index is -0.354. The number of methoxy groups -OCH3 is 1. The van der Waals surface area contributed by atoms with E-state index in [4.69, 9.17) is 9.72 Å². The average Bonchev–Trinajstić information content (AvgIpc) is 2.80. The van der Waals surface area contributed by atoms with Gasteiger partial charge in [-0.3, -0.25) is 14.2 Å². The summed E-state index contributed by atoms with van der Waals surface area (Å²) in [5.41, 5.74) is 1.06. The van der Waals surface area contributed by atoms with Gasteiger partial charge >= 0.3 is 0 Å². The van der Waals surface area contributed by atoms with E-state index in [2.05, 4.69) is 22.6 Å². The van der Waals surface area contributed by atoms with Crippen LogP contribution in [0.2, 0.25) is 0 Å². The van der Waals surface area contributed by atoms with Crippen molar-refractivity contribution in [2.24, 2.45) is 0 Å². The summed E-state index contributed by atoms with van der Waals surface area (Å²) in [5.74, 6) is 0.668. The van der Waals surface area contributed by atoms with Crippen molar-refractivity contribution in [1.82, 2.24) is 14.5 Å². The zero-order chi connectivity index (χ0) is 22.0. The summed E-state index contributed by atoms with van der Waals surface area (Å²) >= 11 is 3.51. The molecule has 1 saturated heterocycles. The number of rotatable bonds is 5. The molecule has 1 atom stereocenters. The van der Waals surface area contributed by atoms with Crippen molar-refractivity contribution in [3.8, 4) is 11.4 Å². The lowest BCUT2D eigenvalue weighted by Crippen LogP contribution is -2.40. The number of carbonyl (C=O) groups excluding carboxylic acids is 1. The van der Waals surface area contributed by atoms with E-state index in [9.17, 15) is 9.59 Å². The van der Waals surface area contributed by atoms with E-state index in [0.717, 1.165) is 29.5 Å². The lowest BCUT2D eigenvalue weighted by atomic mass is 10.1. The van der Waals surface area contributed by atoms with E-state index < -0.39 is 0 Å². The molecule has 3 aromatic rings. The Hall–Kier alpha value is -2.07. The predicted octanol–water partition coefficient (Wildman–Crippen LogP) is 4.49. The Kier molecular flexibility index (Phi) is 6.86.